The van der Waals surface area contributed by atoms with E-state index in [1.54, 1.807) is 0 Å². The highest BCUT2D eigenvalue weighted by Crippen LogP contribution is 2.35. The summed E-state index contributed by atoms with van der Waals surface area (Å²) in [6.07, 6.45) is -3.39. The quantitative estimate of drug-likeness (QED) is 0.706. The van der Waals surface area contributed by atoms with Crippen LogP contribution in [0.25, 0.3) is 0 Å². The number of carbonyl (C=O) groups excluding carboxylic acids is 1. The van der Waals surface area contributed by atoms with Gasteiger partial charge in [-0.15, -0.1) is 0 Å². The number of anilines is 2. The summed E-state index contributed by atoms with van der Waals surface area (Å²) in [4.78, 5) is 20.0. The van der Waals surface area contributed by atoms with Gasteiger partial charge < -0.3 is 10.6 Å². The van der Waals surface area contributed by atoms with Gasteiger partial charge in [0.15, 0.2) is 0 Å². The van der Waals surface area contributed by atoms with Crippen molar-refractivity contribution in [2.45, 2.75) is 12.7 Å². The van der Waals surface area contributed by atoms with Crippen LogP contribution in [-0.4, -0.2) is 15.9 Å². The molecule has 5 nitrogen and oxygen atoms in total. The van der Waals surface area contributed by atoms with Crippen molar-refractivity contribution < 1.29 is 18.0 Å². The highest BCUT2D eigenvalue weighted by Gasteiger charge is 2.33. The summed E-state index contributed by atoms with van der Waals surface area (Å²) < 4.78 is 39.3. The van der Waals surface area contributed by atoms with Crippen molar-refractivity contribution in [1.29, 1.82) is 0 Å². The number of nitrogens with zero attached hydrogens (tertiary/aromatic N) is 2. The molecule has 0 aliphatic carbocycles. The van der Waals surface area contributed by atoms with E-state index in [-0.39, 0.29) is 17.2 Å². The van der Waals surface area contributed by atoms with E-state index >= 15 is 0 Å². The molecule has 1 aromatic heterocycles. The van der Waals surface area contributed by atoms with Gasteiger partial charge in [0.2, 0.25) is 0 Å². The van der Waals surface area contributed by atoms with E-state index in [0.717, 1.165) is 18.0 Å². The third-order valence-corrected chi connectivity index (χ3v) is 3.69. The van der Waals surface area contributed by atoms with E-state index in [1.165, 1.54) is 24.3 Å². The smallest absolute Gasteiger partial charge is 0.347 e. The average Bonchev–Trinajstić information content (AvgIpc) is 2.67. The summed E-state index contributed by atoms with van der Waals surface area (Å²) >= 11 is 0. The summed E-state index contributed by atoms with van der Waals surface area (Å²) in [7, 11) is 0. The summed E-state index contributed by atoms with van der Waals surface area (Å²) in [5.74, 6) is -0.361. The Balaban J connectivity index is 1.74. The molecule has 1 heterocycles. The van der Waals surface area contributed by atoms with Gasteiger partial charge >= 0.3 is 6.18 Å². The van der Waals surface area contributed by atoms with Crippen LogP contribution in [0.1, 0.15) is 21.6 Å². The monoisotopic (exact) mass is 372 g/mol. The molecule has 1 amide bonds. The molecule has 8 heteroatoms. The lowest BCUT2D eigenvalue weighted by Gasteiger charge is -2.14. The number of benzene rings is 2. The fraction of sp³-hybridized carbons (Fsp3) is 0.105. The van der Waals surface area contributed by atoms with Gasteiger partial charge in [-0.1, -0.05) is 42.5 Å². The molecule has 138 valence electrons. The second kappa shape index (κ2) is 7.86. The number of hydrogen-bond donors (Lipinski definition) is 2. The summed E-state index contributed by atoms with van der Waals surface area (Å²) in [5.41, 5.74) is -0.0108. The van der Waals surface area contributed by atoms with Gasteiger partial charge in [-0.05, 0) is 17.7 Å². The van der Waals surface area contributed by atoms with Crippen molar-refractivity contribution in [3.8, 4) is 0 Å². The third-order valence-electron chi connectivity index (χ3n) is 3.69. The summed E-state index contributed by atoms with van der Waals surface area (Å²) in [6.45, 7) is 0.309. The molecule has 27 heavy (non-hydrogen) atoms. The van der Waals surface area contributed by atoms with Gasteiger partial charge in [0.05, 0.1) is 11.3 Å². The Kier molecular flexibility index (Phi) is 5.35. The molecule has 3 rings (SSSR count). The predicted octanol–water partition coefficient (Wildman–Crippen LogP) is 4.17. The Morgan fingerprint density at radius 2 is 1.67 bits per heavy atom. The lowest BCUT2D eigenvalue weighted by atomic mass is 10.1. The van der Waals surface area contributed by atoms with Crippen LogP contribution in [0.15, 0.2) is 67.0 Å². The standard InChI is InChI=1S/C19H15F3N4O/c20-19(21,22)14-8-4-5-9-15(14)26-17-10-16(24-12-25-17)18(27)23-11-13-6-2-1-3-7-13/h1-10,12H,11H2,(H,23,27)(H,24,25,26). The van der Waals surface area contributed by atoms with Crippen LogP contribution in [0.4, 0.5) is 24.7 Å². The molecule has 0 unspecified atom stereocenters. The predicted molar refractivity (Wildman–Crippen MR) is 94.4 cm³/mol. The first-order chi connectivity index (χ1) is 12.9. The third kappa shape index (κ3) is 4.81. The van der Waals surface area contributed by atoms with Crippen LogP contribution in [-0.2, 0) is 12.7 Å². The van der Waals surface area contributed by atoms with E-state index in [4.69, 9.17) is 0 Å². The minimum Gasteiger partial charge on any atom is -0.347 e. The van der Waals surface area contributed by atoms with Gasteiger partial charge in [-0.2, -0.15) is 13.2 Å². The molecule has 0 bridgehead atoms. The number of para-hydroxylation sites is 1. The zero-order valence-electron chi connectivity index (χ0n) is 14.0. The highest BCUT2D eigenvalue weighted by atomic mass is 19.4. The number of alkyl halides is 3. The van der Waals surface area contributed by atoms with Gasteiger partial charge in [-0.25, -0.2) is 9.97 Å². The van der Waals surface area contributed by atoms with Crippen LogP contribution in [0.2, 0.25) is 0 Å². The summed E-state index contributed by atoms with van der Waals surface area (Å²) in [6, 6.07) is 15.6. The van der Waals surface area contributed by atoms with Crippen LogP contribution in [0.5, 0.6) is 0 Å². The van der Waals surface area contributed by atoms with Gasteiger partial charge in [-0.3, -0.25) is 4.79 Å². The molecule has 2 N–H and O–H groups in total. The fourth-order valence-electron chi connectivity index (χ4n) is 2.40. The number of rotatable bonds is 5. The van der Waals surface area contributed by atoms with Gasteiger partial charge in [0.1, 0.15) is 17.8 Å². The van der Waals surface area contributed by atoms with Crippen molar-refractivity contribution in [2.24, 2.45) is 0 Å². The minimum atomic E-state index is -4.51. The van der Waals surface area contributed by atoms with Crippen molar-refractivity contribution >= 4 is 17.4 Å². The minimum absolute atomic E-state index is 0.0490. The Labute approximate surface area is 153 Å². The molecule has 0 aliphatic rings. The van der Waals surface area contributed by atoms with Crippen LogP contribution >= 0.6 is 0 Å². The molecule has 0 saturated carbocycles. The molecule has 0 aliphatic heterocycles. The fourth-order valence-corrected chi connectivity index (χ4v) is 2.40. The molecule has 3 aromatic rings. The molecular weight excluding hydrogens is 357 g/mol. The summed E-state index contributed by atoms with van der Waals surface area (Å²) in [5, 5.41) is 5.30. The SMILES string of the molecule is O=C(NCc1ccccc1)c1cc(Nc2ccccc2C(F)(F)F)ncn1. The van der Waals surface area contributed by atoms with E-state index in [2.05, 4.69) is 20.6 Å². The number of aromatic nitrogens is 2. The Bertz CT molecular complexity index is 929. The maximum atomic E-state index is 13.1. The molecule has 0 radical (unpaired) electrons. The highest BCUT2D eigenvalue weighted by molar-refractivity contribution is 5.92. The number of carbonyl (C=O) groups is 1. The largest absolute Gasteiger partial charge is 0.418 e. The normalized spacial score (nSPS) is 11.1. The van der Waals surface area contributed by atoms with E-state index in [1.807, 2.05) is 30.3 Å². The average molecular weight is 372 g/mol. The lowest BCUT2D eigenvalue weighted by Crippen LogP contribution is -2.24. The maximum Gasteiger partial charge on any atom is 0.418 e. The Morgan fingerprint density at radius 3 is 2.41 bits per heavy atom. The molecule has 2 aromatic carbocycles. The Hall–Kier alpha value is -3.42. The zero-order chi connectivity index (χ0) is 19.3. The molecule has 0 spiro atoms. The maximum absolute atomic E-state index is 13.1. The lowest BCUT2D eigenvalue weighted by molar-refractivity contribution is -0.136. The number of halogens is 3. The number of nitrogens with one attached hydrogen (secondary N) is 2. The van der Waals surface area contributed by atoms with Crippen molar-refractivity contribution in [1.82, 2.24) is 15.3 Å². The molecular formula is C19H15F3N4O. The van der Waals surface area contributed by atoms with E-state index < -0.39 is 17.6 Å². The first-order valence-corrected chi connectivity index (χ1v) is 8.01. The zero-order valence-corrected chi connectivity index (χ0v) is 14.0. The van der Waals surface area contributed by atoms with Gasteiger partial charge in [0.25, 0.3) is 5.91 Å². The van der Waals surface area contributed by atoms with E-state index in [0.29, 0.717) is 6.54 Å². The first-order valence-electron chi connectivity index (χ1n) is 8.01. The van der Waals surface area contributed by atoms with Gasteiger partial charge in [0, 0.05) is 12.6 Å². The second-order valence-corrected chi connectivity index (χ2v) is 5.63. The van der Waals surface area contributed by atoms with Crippen molar-refractivity contribution in [3.63, 3.8) is 0 Å². The van der Waals surface area contributed by atoms with Crippen LogP contribution < -0.4 is 10.6 Å². The molecule has 0 saturated heterocycles. The number of amides is 1. The van der Waals surface area contributed by atoms with Crippen molar-refractivity contribution in [2.75, 3.05) is 5.32 Å². The first kappa shape index (κ1) is 18.4. The second-order valence-electron chi connectivity index (χ2n) is 5.63. The van der Waals surface area contributed by atoms with Crippen molar-refractivity contribution in [3.05, 3.63) is 83.8 Å². The molecule has 0 fully saturated rings. The Morgan fingerprint density at radius 1 is 0.963 bits per heavy atom. The number of hydrogen-bond acceptors (Lipinski definition) is 4. The van der Waals surface area contributed by atoms with E-state index in [9.17, 15) is 18.0 Å². The molecule has 0 atom stereocenters. The van der Waals surface area contributed by atoms with Crippen LogP contribution in [0.3, 0.4) is 0 Å². The van der Waals surface area contributed by atoms with Crippen LogP contribution in [0, 0.1) is 0 Å². The topological polar surface area (TPSA) is 66.9 Å².